The molecule has 3 aromatic rings. The number of rotatable bonds is 6. The first-order valence-electron chi connectivity index (χ1n) is 7.94. The van der Waals surface area contributed by atoms with Crippen molar-refractivity contribution in [1.29, 1.82) is 0 Å². The van der Waals surface area contributed by atoms with Crippen molar-refractivity contribution >= 4 is 5.91 Å². The zero-order valence-electron chi connectivity index (χ0n) is 14.7. The molecule has 0 radical (unpaired) electrons. The third kappa shape index (κ3) is 3.80. The molecule has 8 nitrogen and oxygen atoms in total. The lowest BCUT2D eigenvalue weighted by Gasteiger charge is -2.08. The van der Waals surface area contributed by atoms with E-state index in [1.807, 2.05) is 13.0 Å². The van der Waals surface area contributed by atoms with Gasteiger partial charge in [0.1, 0.15) is 23.5 Å². The molecule has 8 heteroatoms. The van der Waals surface area contributed by atoms with Crippen LogP contribution in [0.4, 0.5) is 0 Å². The van der Waals surface area contributed by atoms with Crippen molar-refractivity contribution in [3.63, 3.8) is 0 Å². The van der Waals surface area contributed by atoms with E-state index in [1.54, 1.807) is 38.5 Å². The lowest BCUT2D eigenvalue weighted by molar-refractivity contribution is 0.0945. The standard InChI is InChI=1S/C18H19N5O3/c1-11-6-12(21-10-20-11)9-19-18(24)16-8-15(22-23-16)14-7-13(25-2)4-5-17(14)26-3/h4-8,10H,9H2,1-3H3,(H,19,24)(H,22,23). The molecule has 2 N–H and O–H groups in total. The van der Waals surface area contributed by atoms with Crippen molar-refractivity contribution in [2.75, 3.05) is 14.2 Å². The molecule has 26 heavy (non-hydrogen) atoms. The number of aromatic amines is 1. The van der Waals surface area contributed by atoms with Crippen molar-refractivity contribution in [1.82, 2.24) is 25.5 Å². The largest absolute Gasteiger partial charge is 0.497 e. The molecule has 0 aliphatic heterocycles. The molecular weight excluding hydrogens is 334 g/mol. The van der Waals surface area contributed by atoms with Gasteiger partial charge in [-0.1, -0.05) is 0 Å². The van der Waals surface area contributed by atoms with Crippen LogP contribution in [0.1, 0.15) is 21.9 Å². The van der Waals surface area contributed by atoms with Gasteiger partial charge in [0.15, 0.2) is 0 Å². The maximum Gasteiger partial charge on any atom is 0.269 e. The minimum absolute atomic E-state index is 0.276. The maximum absolute atomic E-state index is 12.3. The summed E-state index contributed by atoms with van der Waals surface area (Å²) in [5.41, 5.74) is 3.24. The monoisotopic (exact) mass is 353 g/mol. The number of carbonyl (C=O) groups excluding carboxylic acids is 1. The third-order valence-electron chi connectivity index (χ3n) is 3.80. The number of nitrogens with one attached hydrogen (secondary N) is 2. The molecule has 0 aliphatic carbocycles. The van der Waals surface area contributed by atoms with E-state index in [4.69, 9.17) is 9.47 Å². The Bertz CT molecular complexity index is 923. The first-order valence-corrected chi connectivity index (χ1v) is 7.94. The van der Waals surface area contributed by atoms with Crippen molar-refractivity contribution < 1.29 is 14.3 Å². The highest BCUT2D eigenvalue weighted by Crippen LogP contribution is 2.32. The van der Waals surface area contributed by atoms with Gasteiger partial charge in [-0.15, -0.1) is 0 Å². The average Bonchev–Trinajstić information content (AvgIpc) is 3.15. The molecule has 134 valence electrons. The van der Waals surface area contributed by atoms with Crippen LogP contribution < -0.4 is 14.8 Å². The Hall–Kier alpha value is -3.42. The van der Waals surface area contributed by atoms with Crippen LogP contribution in [0.3, 0.4) is 0 Å². The quantitative estimate of drug-likeness (QED) is 0.704. The van der Waals surface area contributed by atoms with Gasteiger partial charge in [0.25, 0.3) is 5.91 Å². The van der Waals surface area contributed by atoms with Gasteiger partial charge in [-0.05, 0) is 37.3 Å². The van der Waals surface area contributed by atoms with Crippen LogP contribution in [0.2, 0.25) is 0 Å². The van der Waals surface area contributed by atoms with Gasteiger partial charge in [-0.3, -0.25) is 9.89 Å². The number of hydrogen-bond acceptors (Lipinski definition) is 6. The molecule has 0 bridgehead atoms. The van der Waals surface area contributed by atoms with Gasteiger partial charge in [0.2, 0.25) is 0 Å². The molecule has 2 aromatic heterocycles. The molecule has 0 atom stereocenters. The summed E-state index contributed by atoms with van der Waals surface area (Å²) in [4.78, 5) is 20.5. The summed E-state index contributed by atoms with van der Waals surface area (Å²) in [7, 11) is 3.17. The zero-order chi connectivity index (χ0) is 18.5. The lowest BCUT2D eigenvalue weighted by atomic mass is 10.1. The number of benzene rings is 1. The summed E-state index contributed by atoms with van der Waals surface area (Å²) in [5, 5.41) is 9.76. The highest BCUT2D eigenvalue weighted by molar-refractivity contribution is 5.93. The summed E-state index contributed by atoms with van der Waals surface area (Å²) >= 11 is 0. The van der Waals surface area contributed by atoms with E-state index < -0.39 is 0 Å². The smallest absolute Gasteiger partial charge is 0.269 e. The second-order valence-corrected chi connectivity index (χ2v) is 5.57. The molecule has 0 saturated heterocycles. The number of aryl methyl sites for hydroxylation is 1. The van der Waals surface area contributed by atoms with Crippen LogP contribution in [0.5, 0.6) is 11.5 Å². The van der Waals surface area contributed by atoms with E-state index in [0.717, 1.165) is 17.0 Å². The number of methoxy groups -OCH3 is 2. The van der Waals surface area contributed by atoms with Gasteiger partial charge in [0, 0.05) is 11.3 Å². The van der Waals surface area contributed by atoms with Gasteiger partial charge >= 0.3 is 0 Å². The summed E-state index contributed by atoms with van der Waals surface area (Å²) in [6, 6.07) is 8.88. The number of aromatic nitrogens is 4. The fourth-order valence-electron chi connectivity index (χ4n) is 2.46. The van der Waals surface area contributed by atoms with Gasteiger partial charge < -0.3 is 14.8 Å². The predicted octanol–water partition coefficient (Wildman–Crippen LogP) is 2.12. The van der Waals surface area contributed by atoms with E-state index in [9.17, 15) is 4.79 Å². The summed E-state index contributed by atoms with van der Waals surface area (Å²) in [6.07, 6.45) is 1.47. The average molecular weight is 353 g/mol. The van der Waals surface area contributed by atoms with Crippen LogP contribution in [0.15, 0.2) is 36.7 Å². The Morgan fingerprint density at radius 1 is 1.15 bits per heavy atom. The number of ether oxygens (including phenoxy) is 2. The van der Waals surface area contributed by atoms with Crippen LogP contribution in [0, 0.1) is 6.92 Å². The summed E-state index contributed by atoms with van der Waals surface area (Å²) < 4.78 is 10.6. The fraction of sp³-hybridized carbons (Fsp3) is 0.222. The summed E-state index contributed by atoms with van der Waals surface area (Å²) in [6.45, 7) is 2.18. The lowest BCUT2D eigenvalue weighted by Crippen LogP contribution is -2.23. The number of amides is 1. The number of hydrogen-bond donors (Lipinski definition) is 2. The molecule has 0 aliphatic rings. The highest BCUT2D eigenvalue weighted by atomic mass is 16.5. The Morgan fingerprint density at radius 3 is 2.73 bits per heavy atom. The van der Waals surface area contributed by atoms with Crippen LogP contribution >= 0.6 is 0 Å². The number of nitrogens with zero attached hydrogens (tertiary/aromatic N) is 3. The Kier molecular flexibility index (Phi) is 5.12. The molecule has 0 unspecified atom stereocenters. The van der Waals surface area contributed by atoms with Gasteiger partial charge in [-0.25, -0.2) is 9.97 Å². The normalized spacial score (nSPS) is 10.4. The van der Waals surface area contributed by atoms with Crippen molar-refractivity contribution in [3.05, 3.63) is 53.7 Å². The molecule has 3 rings (SSSR count). The molecule has 1 aromatic carbocycles. The molecule has 0 saturated carbocycles. The fourth-order valence-corrected chi connectivity index (χ4v) is 2.46. The minimum atomic E-state index is -0.276. The van der Waals surface area contributed by atoms with Gasteiger partial charge in [-0.2, -0.15) is 5.10 Å². The van der Waals surface area contributed by atoms with Gasteiger partial charge in [0.05, 0.1) is 32.2 Å². The first-order chi connectivity index (χ1) is 12.6. The predicted molar refractivity (Wildman–Crippen MR) is 95.1 cm³/mol. The van der Waals surface area contributed by atoms with Crippen molar-refractivity contribution in [3.8, 4) is 22.8 Å². The van der Waals surface area contributed by atoms with Crippen LogP contribution in [-0.2, 0) is 6.54 Å². The van der Waals surface area contributed by atoms with Crippen molar-refractivity contribution in [2.24, 2.45) is 0 Å². The Morgan fingerprint density at radius 2 is 2.00 bits per heavy atom. The molecule has 1 amide bonds. The molecular formula is C18H19N5O3. The highest BCUT2D eigenvalue weighted by Gasteiger charge is 2.15. The first kappa shape index (κ1) is 17.4. The van der Waals surface area contributed by atoms with E-state index in [0.29, 0.717) is 29.4 Å². The van der Waals surface area contributed by atoms with Crippen molar-refractivity contribution in [2.45, 2.75) is 13.5 Å². The zero-order valence-corrected chi connectivity index (χ0v) is 14.7. The second-order valence-electron chi connectivity index (χ2n) is 5.57. The van der Waals surface area contributed by atoms with Crippen LogP contribution in [0.25, 0.3) is 11.3 Å². The second kappa shape index (κ2) is 7.64. The van der Waals surface area contributed by atoms with E-state index in [-0.39, 0.29) is 5.91 Å². The Labute approximate surface area is 150 Å². The topological polar surface area (TPSA) is 102 Å². The van der Waals surface area contributed by atoms with E-state index in [1.165, 1.54) is 6.33 Å². The third-order valence-corrected chi connectivity index (χ3v) is 3.80. The maximum atomic E-state index is 12.3. The molecule has 0 spiro atoms. The SMILES string of the molecule is COc1ccc(OC)c(-c2cc(C(=O)NCc3cc(C)ncn3)[nH]n2)c1. The van der Waals surface area contributed by atoms with E-state index >= 15 is 0 Å². The molecule has 2 heterocycles. The number of H-pyrrole nitrogens is 1. The van der Waals surface area contributed by atoms with Crippen LogP contribution in [-0.4, -0.2) is 40.3 Å². The number of carbonyl (C=O) groups is 1. The molecule has 0 fully saturated rings. The Balaban J connectivity index is 1.76. The van der Waals surface area contributed by atoms with E-state index in [2.05, 4.69) is 25.5 Å². The summed E-state index contributed by atoms with van der Waals surface area (Å²) in [5.74, 6) is 1.04. The minimum Gasteiger partial charge on any atom is -0.497 e.